The van der Waals surface area contributed by atoms with E-state index in [1.165, 1.54) is 0 Å². The van der Waals surface area contributed by atoms with Crippen LogP contribution < -0.4 is 5.32 Å². The van der Waals surface area contributed by atoms with Crippen molar-refractivity contribution in [1.29, 1.82) is 0 Å². The van der Waals surface area contributed by atoms with E-state index in [4.69, 9.17) is 4.52 Å². The number of aromatic nitrogens is 1. The van der Waals surface area contributed by atoms with Gasteiger partial charge in [0.25, 0.3) is 0 Å². The summed E-state index contributed by atoms with van der Waals surface area (Å²) in [5, 5.41) is 6.77. The second-order valence-electron chi connectivity index (χ2n) is 4.86. The van der Waals surface area contributed by atoms with E-state index in [9.17, 15) is 4.79 Å². The van der Waals surface area contributed by atoms with Crippen molar-refractivity contribution < 1.29 is 9.32 Å². The van der Waals surface area contributed by atoms with Gasteiger partial charge in [-0.1, -0.05) is 17.3 Å². The van der Waals surface area contributed by atoms with Crippen molar-refractivity contribution >= 4 is 23.4 Å². The molecule has 0 aliphatic heterocycles. The fraction of sp³-hybridized carbons (Fsp3) is 0.333. The summed E-state index contributed by atoms with van der Waals surface area (Å²) in [4.78, 5) is 15.0. The van der Waals surface area contributed by atoms with Crippen LogP contribution in [0.1, 0.15) is 11.5 Å². The Bertz CT molecular complexity index is 612. The Balaban J connectivity index is 1.89. The van der Waals surface area contributed by atoms with Gasteiger partial charge in [-0.2, -0.15) is 0 Å². The third-order valence-corrected chi connectivity index (χ3v) is 3.69. The van der Waals surface area contributed by atoms with Crippen LogP contribution in [-0.4, -0.2) is 35.8 Å². The van der Waals surface area contributed by atoms with Gasteiger partial charge in [0.15, 0.2) is 5.76 Å². The van der Waals surface area contributed by atoms with Crippen LogP contribution in [0.25, 0.3) is 0 Å². The molecule has 6 heteroatoms. The number of carbonyl (C=O) groups excluding carboxylic acids is 1. The quantitative estimate of drug-likeness (QED) is 0.832. The maximum Gasteiger partial charge on any atom is 0.238 e. The number of benzene rings is 1. The smallest absolute Gasteiger partial charge is 0.238 e. The van der Waals surface area contributed by atoms with Crippen molar-refractivity contribution in [2.45, 2.75) is 18.4 Å². The Morgan fingerprint density at radius 3 is 2.86 bits per heavy atom. The Labute approximate surface area is 128 Å². The maximum atomic E-state index is 12.1. The number of amides is 1. The van der Waals surface area contributed by atoms with Crippen molar-refractivity contribution in [3.63, 3.8) is 0 Å². The predicted molar refractivity (Wildman–Crippen MR) is 84.4 cm³/mol. The van der Waals surface area contributed by atoms with Gasteiger partial charge >= 0.3 is 0 Å². The lowest BCUT2D eigenvalue weighted by Gasteiger charge is -2.15. The number of aryl methyl sites for hydroxylation is 1. The first-order valence-corrected chi connectivity index (χ1v) is 7.84. The zero-order valence-electron chi connectivity index (χ0n) is 12.4. The van der Waals surface area contributed by atoms with E-state index in [-0.39, 0.29) is 5.91 Å². The number of nitrogens with zero attached hydrogens (tertiary/aromatic N) is 2. The van der Waals surface area contributed by atoms with Gasteiger partial charge in [0, 0.05) is 11.0 Å². The van der Waals surface area contributed by atoms with Gasteiger partial charge in [-0.05, 0) is 32.4 Å². The topological polar surface area (TPSA) is 58.4 Å². The molecule has 1 amide bonds. The summed E-state index contributed by atoms with van der Waals surface area (Å²) >= 11 is 1.61. The second-order valence-corrected chi connectivity index (χ2v) is 5.70. The number of hydrogen-bond donors (Lipinski definition) is 1. The number of hydrogen-bond acceptors (Lipinski definition) is 5. The highest BCUT2D eigenvalue weighted by atomic mass is 32.2. The highest BCUT2D eigenvalue weighted by Crippen LogP contribution is 2.24. The second kappa shape index (κ2) is 7.28. The van der Waals surface area contributed by atoms with E-state index in [0.717, 1.165) is 22.0 Å². The van der Waals surface area contributed by atoms with Gasteiger partial charge in [0.2, 0.25) is 5.91 Å². The number of likely N-dealkylation sites (N-methyl/N-ethyl adjacent to an activating group) is 1. The highest BCUT2D eigenvalue weighted by molar-refractivity contribution is 7.98. The molecular weight excluding hydrogens is 286 g/mol. The minimum atomic E-state index is -0.0461. The molecular formula is C15H19N3O2S. The molecule has 0 atom stereocenters. The lowest BCUT2D eigenvalue weighted by atomic mass is 10.3. The average Bonchev–Trinajstić information content (AvgIpc) is 2.84. The van der Waals surface area contributed by atoms with Crippen LogP contribution in [0.5, 0.6) is 0 Å². The molecule has 0 aliphatic rings. The summed E-state index contributed by atoms with van der Waals surface area (Å²) < 4.78 is 5.14. The van der Waals surface area contributed by atoms with Crippen molar-refractivity contribution in [2.75, 3.05) is 25.2 Å². The molecule has 2 aromatic rings. The summed E-state index contributed by atoms with van der Waals surface area (Å²) in [6, 6.07) is 9.64. The number of thioether (sulfide) groups is 1. The zero-order valence-corrected chi connectivity index (χ0v) is 13.2. The van der Waals surface area contributed by atoms with Gasteiger partial charge in [0.1, 0.15) is 0 Å². The lowest BCUT2D eigenvalue weighted by Crippen LogP contribution is -2.29. The highest BCUT2D eigenvalue weighted by Gasteiger charge is 2.11. The molecule has 0 saturated carbocycles. The number of carbonyl (C=O) groups is 1. The number of para-hydroxylation sites is 1. The first-order chi connectivity index (χ1) is 10.1. The minimum absolute atomic E-state index is 0.0461. The molecule has 1 N–H and O–H groups in total. The summed E-state index contributed by atoms with van der Waals surface area (Å²) in [5.74, 6) is 0.711. The normalized spacial score (nSPS) is 10.9. The molecule has 0 spiro atoms. The van der Waals surface area contributed by atoms with Gasteiger partial charge in [-0.25, -0.2) is 0 Å². The van der Waals surface area contributed by atoms with Crippen LogP contribution in [-0.2, 0) is 11.3 Å². The Kier molecular flexibility index (Phi) is 5.41. The SMILES string of the molecule is CSc1ccccc1NC(=O)CN(C)Cc1cc(C)no1. The molecule has 0 radical (unpaired) electrons. The molecule has 1 aromatic carbocycles. The third kappa shape index (κ3) is 4.61. The minimum Gasteiger partial charge on any atom is -0.360 e. The summed E-state index contributed by atoms with van der Waals surface area (Å²) in [6.45, 7) is 2.72. The molecule has 1 heterocycles. The molecule has 0 saturated heterocycles. The zero-order chi connectivity index (χ0) is 15.2. The molecule has 112 valence electrons. The molecule has 0 unspecified atom stereocenters. The fourth-order valence-corrected chi connectivity index (χ4v) is 2.55. The van der Waals surface area contributed by atoms with Gasteiger partial charge < -0.3 is 9.84 Å². The number of rotatable bonds is 6. The van der Waals surface area contributed by atoms with Crippen LogP contribution in [0, 0.1) is 6.92 Å². The third-order valence-electron chi connectivity index (χ3n) is 2.90. The Morgan fingerprint density at radius 1 is 1.43 bits per heavy atom. The largest absolute Gasteiger partial charge is 0.360 e. The van der Waals surface area contributed by atoms with Crippen molar-refractivity contribution in [3.8, 4) is 0 Å². The summed E-state index contributed by atoms with van der Waals surface area (Å²) in [6.07, 6.45) is 1.99. The van der Waals surface area contributed by atoms with Crippen LogP contribution in [0.3, 0.4) is 0 Å². The maximum absolute atomic E-state index is 12.1. The van der Waals surface area contributed by atoms with E-state index in [2.05, 4.69) is 10.5 Å². The predicted octanol–water partition coefficient (Wildman–Crippen LogP) is 2.78. The number of nitrogens with one attached hydrogen (secondary N) is 1. The van der Waals surface area contributed by atoms with Crippen LogP contribution in [0.2, 0.25) is 0 Å². The van der Waals surface area contributed by atoms with Crippen molar-refractivity contribution in [1.82, 2.24) is 10.1 Å². The van der Waals surface area contributed by atoms with E-state index in [0.29, 0.717) is 13.1 Å². The average molecular weight is 305 g/mol. The van der Waals surface area contributed by atoms with E-state index in [1.807, 2.05) is 55.5 Å². The molecule has 0 aliphatic carbocycles. The first-order valence-electron chi connectivity index (χ1n) is 6.62. The first kappa shape index (κ1) is 15.6. The van der Waals surface area contributed by atoms with Crippen LogP contribution in [0.15, 0.2) is 39.8 Å². The van der Waals surface area contributed by atoms with E-state index >= 15 is 0 Å². The molecule has 0 bridgehead atoms. The molecule has 1 aromatic heterocycles. The fourth-order valence-electron chi connectivity index (χ4n) is 2.00. The van der Waals surface area contributed by atoms with Crippen molar-refractivity contribution in [2.24, 2.45) is 0 Å². The Morgan fingerprint density at radius 2 is 2.19 bits per heavy atom. The van der Waals surface area contributed by atoms with E-state index < -0.39 is 0 Å². The summed E-state index contributed by atoms with van der Waals surface area (Å²) in [7, 11) is 1.87. The van der Waals surface area contributed by atoms with Crippen LogP contribution >= 0.6 is 11.8 Å². The van der Waals surface area contributed by atoms with Gasteiger partial charge in [-0.15, -0.1) is 11.8 Å². The van der Waals surface area contributed by atoms with Crippen LogP contribution in [0.4, 0.5) is 5.69 Å². The van der Waals surface area contributed by atoms with Crippen molar-refractivity contribution in [3.05, 3.63) is 41.8 Å². The molecule has 21 heavy (non-hydrogen) atoms. The lowest BCUT2D eigenvalue weighted by molar-refractivity contribution is -0.117. The Hall–Kier alpha value is -1.79. The van der Waals surface area contributed by atoms with Gasteiger partial charge in [-0.3, -0.25) is 9.69 Å². The standard InChI is InChI=1S/C15H19N3O2S/c1-11-8-12(20-17-11)9-18(2)10-15(19)16-13-6-4-5-7-14(13)21-3/h4-8H,9-10H2,1-3H3,(H,16,19). The van der Waals surface area contributed by atoms with Gasteiger partial charge in [0.05, 0.1) is 24.5 Å². The molecule has 2 rings (SSSR count). The van der Waals surface area contributed by atoms with E-state index in [1.54, 1.807) is 11.8 Å². The molecule has 0 fully saturated rings. The summed E-state index contributed by atoms with van der Waals surface area (Å²) in [5.41, 5.74) is 1.69. The number of anilines is 1. The monoisotopic (exact) mass is 305 g/mol. The molecule has 5 nitrogen and oxygen atoms in total.